The van der Waals surface area contributed by atoms with Gasteiger partial charge in [0, 0.05) is 15.5 Å². The van der Waals surface area contributed by atoms with E-state index in [0.717, 1.165) is 4.88 Å². The minimum Gasteiger partial charge on any atom is -0.507 e. The van der Waals surface area contributed by atoms with E-state index in [9.17, 15) is 14.7 Å². The molecule has 0 saturated carbocycles. The van der Waals surface area contributed by atoms with Crippen LogP contribution in [-0.4, -0.2) is 28.5 Å². The Balaban J connectivity index is 1.64. The van der Waals surface area contributed by atoms with Gasteiger partial charge < -0.3 is 19.5 Å². The monoisotopic (exact) mass is 453 g/mol. The van der Waals surface area contributed by atoms with E-state index in [1.807, 2.05) is 17.5 Å². The first-order chi connectivity index (χ1) is 15.0. The van der Waals surface area contributed by atoms with Gasteiger partial charge in [-0.05, 0) is 47.3 Å². The van der Waals surface area contributed by atoms with E-state index in [2.05, 4.69) is 0 Å². The standard InChI is InChI=1S/C23H16ClNO5S/c24-15-6-3-13(4-7-15)20-19(21(26)14-5-8-17-18(10-14)30-12-29-17)22(27)23(28)25(20)11-16-2-1-9-31-16/h1-10,20,26H,11-12H2/b21-19-. The summed E-state index contributed by atoms with van der Waals surface area (Å²) in [5, 5.41) is 13.6. The Morgan fingerprint density at radius 1 is 1.10 bits per heavy atom. The molecule has 1 atom stereocenters. The lowest BCUT2D eigenvalue weighted by Crippen LogP contribution is -2.28. The molecule has 2 aliphatic heterocycles. The van der Waals surface area contributed by atoms with Gasteiger partial charge in [-0.25, -0.2) is 0 Å². The Hall–Kier alpha value is -3.29. The zero-order valence-corrected chi connectivity index (χ0v) is 17.7. The van der Waals surface area contributed by atoms with Crippen molar-refractivity contribution < 1.29 is 24.2 Å². The fourth-order valence-corrected chi connectivity index (χ4v) is 4.63. The smallest absolute Gasteiger partial charge is 0.295 e. The molecule has 1 saturated heterocycles. The number of ether oxygens (including phenoxy) is 2. The number of carbonyl (C=O) groups excluding carboxylic acids is 2. The summed E-state index contributed by atoms with van der Waals surface area (Å²) in [6.45, 7) is 0.350. The average molecular weight is 454 g/mol. The van der Waals surface area contributed by atoms with Gasteiger partial charge >= 0.3 is 0 Å². The summed E-state index contributed by atoms with van der Waals surface area (Å²) in [5.41, 5.74) is 1.09. The predicted octanol–water partition coefficient (Wildman–Crippen LogP) is 4.75. The van der Waals surface area contributed by atoms with Crippen molar-refractivity contribution in [2.24, 2.45) is 0 Å². The van der Waals surface area contributed by atoms with E-state index in [1.54, 1.807) is 42.5 Å². The predicted molar refractivity (Wildman–Crippen MR) is 116 cm³/mol. The molecule has 0 radical (unpaired) electrons. The number of fused-ring (bicyclic) bond motifs is 1. The van der Waals surface area contributed by atoms with Crippen molar-refractivity contribution in [2.75, 3.05) is 6.79 Å². The van der Waals surface area contributed by atoms with Crippen LogP contribution in [0.4, 0.5) is 0 Å². The van der Waals surface area contributed by atoms with Gasteiger partial charge in [0.15, 0.2) is 11.5 Å². The first kappa shape index (κ1) is 19.7. The van der Waals surface area contributed by atoms with Gasteiger partial charge in [-0.3, -0.25) is 9.59 Å². The Morgan fingerprint density at radius 2 is 1.87 bits per heavy atom. The van der Waals surface area contributed by atoms with Crippen molar-refractivity contribution in [1.82, 2.24) is 4.90 Å². The highest BCUT2D eigenvalue weighted by Gasteiger charge is 2.46. The van der Waals surface area contributed by atoms with Gasteiger partial charge in [0.05, 0.1) is 18.2 Å². The molecule has 0 spiro atoms. The summed E-state index contributed by atoms with van der Waals surface area (Å²) in [6, 6.07) is 14.9. The molecule has 8 heteroatoms. The number of amides is 1. The van der Waals surface area contributed by atoms with E-state index < -0.39 is 17.7 Å². The van der Waals surface area contributed by atoms with Gasteiger partial charge in [0.25, 0.3) is 11.7 Å². The fraction of sp³-hybridized carbons (Fsp3) is 0.130. The van der Waals surface area contributed by atoms with E-state index in [4.69, 9.17) is 21.1 Å². The lowest BCUT2D eigenvalue weighted by atomic mass is 9.95. The molecular weight excluding hydrogens is 438 g/mol. The topological polar surface area (TPSA) is 76.1 Å². The maximum Gasteiger partial charge on any atom is 0.295 e. The van der Waals surface area contributed by atoms with E-state index >= 15 is 0 Å². The second-order valence-corrected chi connectivity index (χ2v) is 8.59. The second-order valence-electron chi connectivity index (χ2n) is 7.13. The van der Waals surface area contributed by atoms with E-state index in [0.29, 0.717) is 27.6 Å². The number of halogens is 1. The molecule has 3 aromatic rings. The number of nitrogens with zero attached hydrogens (tertiary/aromatic N) is 1. The molecule has 1 unspecified atom stereocenters. The lowest BCUT2D eigenvalue weighted by molar-refractivity contribution is -0.140. The normalized spacial score (nSPS) is 19.3. The van der Waals surface area contributed by atoms with Crippen LogP contribution >= 0.6 is 22.9 Å². The number of carbonyl (C=O) groups is 2. The first-order valence-electron chi connectivity index (χ1n) is 9.49. The van der Waals surface area contributed by atoms with Crippen LogP contribution in [0.15, 0.2) is 65.6 Å². The molecule has 156 valence electrons. The van der Waals surface area contributed by atoms with E-state index in [-0.39, 0.29) is 24.7 Å². The number of likely N-dealkylation sites (tertiary alicyclic amines) is 1. The third-order valence-electron chi connectivity index (χ3n) is 5.28. The second kappa shape index (κ2) is 7.76. The Kier molecular flexibility index (Phi) is 4.92. The van der Waals surface area contributed by atoms with Crippen molar-refractivity contribution in [3.8, 4) is 11.5 Å². The lowest BCUT2D eigenvalue weighted by Gasteiger charge is -2.25. The van der Waals surface area contributed by atoms with Crippen molar-refractivity contribution in [3.63, 3.8) is 0 Å². The summed E-state index contributed by atoms with van der Waals surface area (Å²) in [5.74, 6) is -0.614. The van der Waals surface area contributed by atoms with Gasteiger partial charge in [-0.2, -0.15) is 0 Å². The summed E-state index contributed by atoms with van der Waals surface area (Å²) >= 11 is 7.54. The van der Waals surface area contributed by atoms with Crippen LogP contribution in [0.5, 0.6) is 11.5 Å². The highest BCUT2D eigenvalue weighted by molar-refractivity contribution is 7.09. The summed E-state index contributed by atoms with van der Waals surface area (Å²) in [4.78, 5) is 28.5. The molecule has 2 aliphatic rings. The van der Waals surface area contributed by atoms with Crippen molar-refractivity contribution in [1.29, 1.82) is 0 Å². The third-order valence-corrected chi connectivity index (χ3v) is 6.39. The number of ketones is 1. The number of hydrogen-bond acceptors (Lipinski definition) is 6. The van der Waals surface area contributed by atoms with Crippen LogP contribution in [0.3, 0.4) is 0 Å². The zero-order chi connectivity index (χ0) is 21.5. The number of aliphatic hydroxyl groups is 1. The first-order valence-corrected chi connectivity index (χ1v) is 10.7. The number of Topliss-reactive ketones (excluding diaryl/α,β-unsaturated/α-hetero) is 1. The van der Waals surface area contributed by atoms with Gasteiger partial charge in [-0.1, -0.05) is 29.8 Å². The van der Waals surface area contributed by atoms with Crippen molar-refractivity contribution in [3.05, 3.63) is 86.6 Å². The summed E-state index contributed by atoms with van der Waals surface area (Å²) in [6.07, 6.45) is 0. The van der Waals surface area contributed by atoms with E-state index in [1.165, 1.54) is 16.2 Å². The maximum absolute atomic E-state index is 13.1. The van der Waals surface area contributed by atoms with Gasteiger partial charge in [0.2, 0.25) is 6.79 Å². The van der Waals surface area contributed by atoms with Gasteiger partial charge in [-0.15, -0.1) is 11.3 Å². The summed E-state index contributed by atoms with van der Waals surface area (Å²) < 4.78 is 10.7. The molecule has 1 amide bonds. The number of hydrogen-bond donors (Lipinski definition) is 1. The Morgan fingerprint density at radius 3 is 2.61 bits per heavy atom. The quantitative estimate of drug-likeness (QED) is 0.350. The van der Waals surface area contributed by atoms with Crippen molar-refractivity contribution in [2.45, 2.75) is 12.6 Å². The minimum atomic E-state index is -0.746. The highest BCUT2D eigenvalue weighted by atomic mass is 35.5. The number of thiophene rings is 1. The average Bonchev–Trinajstić information content (AvgIpc) is 3.51. The third kappa shape index (κ3) is 3.45. The number of aliphatic hydroxyl groups excluding tert-OH is 1. The number of benzene rings is 2. The SMILES string of the molecule is O=C1C(=O)N(Cc2cccs2)C(c2ccc(Cl)cc2)/C1=C(/O)c1ccc2c(c1)OCO2. The molecule has 3 heterocycles. The molecule has 1 aromatic heterocycles. The Bertz CT molecular complexity index is 1200. The van der Waals surface area contributed by atoms with Crippen LogP contribution in [0, 0.1) is 0 Å². The van der Waals surface area contributed by atoms with Crippen LogP contribution in [0.1, 0.15) is 22.0 Å². The van der Waals surface area contributed by atoms with Crippen LogP contribution < -0.4 is 9.47 Å². The minimum absolute atomic E-state index is 0.0303. The number of rotatable bonds is 4. The molecule has 5 rings (SSSR count). The Labute approximate surface area is 186 Å². The molecule has 0 aliphatic carbocycles. The molecule has 0 bridgehead atoms. The fourth-order valence-electron chi connectivity index (χ4n) is 3.80. The molecular formula is C23H16ClNO5S. The molecule has 31 heavy (non-hydrogen) atoms. The van der Waals surface area contributed by atoms with Gasteiger partial charge in [0.1, 0.15) is 5.76 Å². The van der Waals surface area contributed by atoms with Crippen LogP contribution in [-0.2, 0) is 16.1 Å². The molecule has 2 aromatic carbocycles. The van der Waals surface area contributed by atoms with Crippen molar-refractivity contribution >= 4 is 40.4 Å². The van der Waals surface area contributed by atoms with Crippen LogP contribution in [0.25, 0.3) is 5.76 Å². The van der Waals surface area contributed by atoms with Crippen LogP contribution in [0.2, 0.25) is 5.02 Å². The zero-order valence-electron chi connectivity index (χ0n) is 16.1. The molecule has 6 nitrogen and oxygen atoms in total. The highest BCUT2D eigenvalue weighted by Crippen LogP contribution is 2.42. The largest absolute Gasteiger partial charge is 0.507 e. The molecule has 1 fully saturated rings. The molecule has 1 N–H and O–H groups in total. The summed E-state index contributed by atoms with van der Waals surface area (Å²) in [7, 11) is 0. The maximum atomic E-state index is 13.1.